The molecule has 98 valence electrons. The molecule has 19 heavy (non-hydrogen) atoms. The lowest BCUT2D eigenvalue weighted by molar-refractivity contribution is -0.125. The highest BCUT2D eigenvalue weighted by Gasteiger charge is 2.19. The van der Waals surface area contributed by atoms with E-state index in [9.17, 15) is 9.59 Å². The number of hydrogen-bond donors (Lipinski definition) is 1. The van der Waals surface area contributed by atoms with Crippen molar-refractivity contribution in [1.82, 2.24) is 0 Å². The third-order valence-electron chi connectivity index (χ3n) is 2.69. The van der Waals surface area contributed by atoms with Crippen molar-refractivity contribution in [3.05, 3.63) is 24.3 Å². The lowest BCUT2D eigenvalue weighted by Crippen LogP contribution is -2.41. The first-order valence-corrected chi connectivity index (χ1v) is 5.85. The Morgan fingerprint density at radius 3 is 2.79 bits per heavy atom. The average molecular weight is 259 g/mol. The van der Waals surface area contributed by atoms with E-state index < -0.39 is 0 Å². The zero-order valence-electron chi connectivity index (χ0n) is 10.3. The number of amides is 2. The molecule has 6 nitrogen and oxygen atoms in total. The van der Waals surface area contributed by atoms with Crippen LogP contribution in [0.2, 0.25) is 0 Å². The summed E-state index contributed by atoms with van der Waals surface area (Å²) in [6.07, 6.45) is -0.177. The van der Waals surface area contributed by atoms with E-state index in [0.717, 1.165) is 5.69 Å². The Bertz CT molecular complexity index is 519. The first kappa shape index (κ1) is 13.1. The molecular formula is C13H13N3O3. The maximum absolute atomic E-state index is 11.6. The van der Waals surface area contributed by atoms with E-state index in [1.165, 1.54) is 0 Å². The summed E-state index contributed by atoms with van der Waals surface area (Å²) in [4.78, 5) is 24.5. The molecule has 0 unspecified atom stereocenters. The van der Waals surface area contributed by atoms with Gasteiger partial charge < -0.3 is 15.0 Å². The average Bonchev–Trinajstić information content (AvgIpc) is 2.41. The van der Waals surface area contributed by atoms with Gasteiger partial charge in [0.15, 0.2) is 0 Å². The number of carbonyl (C=O) groups excluding carboxylic acids is 2. The number of morpholine rings is 1. The fourth-order valence-electron chi connectivity index (χ4n) is 1.79. The molecule has 0 saturated carbocycles. The Morgan fingerprint density at radius 1 is 1.42 bits per heavy atom. The number of nitrogens with one attached hydrogen (secondary N) is 1. The van der Waals surface area contributed by atoms with Crippen molar-refractivity contribution in [1.29, 1.82) is 5.26 Å². The molecule has 1 fully saturated rings. The van der Waals surface area contributed by atoms with Gasteiger partial charge in [0.05, 0.1) is 12.7 Å². The highest BCUT2D eigenvalue weighted by atomic mass is 16.5. The minimum Gasteiger partial charge on any atom is -0.370 e. The fraction of sp³-hybridized carbons (Fsp3) is 0.308. The first-order chi connectivity index (χ1) is 9.20. The van der Waals surface area contributed by atoms with Gasteiger partial charge in [0.25, 0.3) is 5.91 Å². The summed E-state index contributed by atoms with van der Waals surface area (Å²) in [7, 11) is 0. The monoisotopic (exact) mass is 259 g/mol. The SMILES string of the molecule is N#CCC(=O)Nc1ccc(N2CCOCC2=O)cc1. The summed E-state index contributed by atoms with van der Waals surface area (Å²) < 4.78 is 5.06. The zero-order chi connectivity index (χ0) is 13.7. The minimum absolute atomic E-state index is 0.0764. The summed E-state index contributed by atoms with van der Waals surface area (Å²) in [5.74, 6) is -0.426. The van der Waals surface area contributed by atoms with Crippen LogP contribution in [0.25, 0.3) is 0 Å². The van der Waals surface area contributed by atoms with Gasteiger partial charge in [-0.1, -0.05) is 0 Å². The molecule has 1 heterocycles. The standard InChI is InChI=1S/C13H13N3O3/c14-6-5-12(17)15-10-1-3-11(4-2-10)16-7-8-19-9-13(16)18/h1-4H,5,7-9H2,(H,15,17). The van der Waals surface area contributed by atoms with Gasteiger partial charge in [0, 0.05) is 17.9 Å². The van der Waals surface area contributed by atoms with Crippen molar-refractivity contribution in [2.75, 3.05) is 30.0 Å². The van der Waals surface area contributed by atoms with Crippen LogP contribution in [-0.4, -0.2) is 31.6 Å². The topological polar surface area (TPSA) is 82.4 Å². The lowest BCUT2D eigenvalue weighted by atomic mass is 10.2. The Morgan fingerprint density at radius 2 is 2.16 bits per heavy atom. The molecule has 1 aromatic rings. The van der Waals surface area contributed by atoms with E-state index in [2.05, 4.69) is 5.32 Å². The quantitative estimate of drug-likeness (QED) is 0.874. The molecule has 1 aliphatic rings. The van der Waals surface area contributed by atoms with Gasteiger partial charge in [-0.3, -0.25) is 9.59 Å². The molecular weight excluding hydrogens is 246 g/mol. The number of ether oxygens (including phenoxy) is 1. The van der Waals surface area contributed by atoms with Crippen molar-refractivity contribution in [2.24, 2.45) is 0 Å². The van der Waals surface area contributed by atoms with Crippen molar-refractivity contribution < 1.29 is 14.3 Å². The number of anilines is 2. The van der Waals surface area contributed by atoms with Gasteiger partial charge in [0.2, 0.25) is 5.91 Å². The van der Waals surface area contributed by atoms with Gasteiger partial charge in [-0.15, -0.1) is 0 Å². The summed E-state index contributed by atoms with van der Waals surface area (Å²) in [6, 6.07) is 8.69. The predicted octanol–water partition coefficient (Wildman–Crippen LogP) is 0.902. The van der Waals surface area contributed by atoms with E-state index in [-0.39, 0.29) is 24.8 Å². The van der Waals surface area contributed by atoms with Crippen molar-refractivity contribution in [3.63, 3.8) is 0 Å². The molecule has 1 aromatic carbocycles. The van der Waals surface area contributed by atoms with Crippen LogP contribution < -0.4 is 10.2 Å². The molecule has 1 aliphatic heterocycles. The van der Waals surface area contributed by atoms with E-state index >= 15 is 0 Å². The lowest BCUT2D eigenvalue weighted by Gasteiger charge is -2.26. The number of benzene rings is 1. The van der Waals surface area contributed by atoms with Gasteiger partial charge in [0.1, 0.15) is 13.0 Å². The third-order valence-corrected chi connectivity index (χ3v) is 2.69. The zero-order valence-corrected chi connectivity index (χ0v) is 10.3. The molecule has 2 rings (SSSR count). The molecule has 0 spiro atoms. The highest BCUT2D eigenvalue weighted by molar-refractivity contribution is 5.96. The molecule has 1 saturated heterocycles. The number of nitriles is 1. The van der Waals surface area contributed by atoms with Crippen LogP contribution in [0, 0.1) is 11.3 Å². The van der Waals surface area contributed by atoms with E-state index in [1.807, 2.05) is 0 Å². The van der Waals surface area contributed by atoms with E-state index in [4.69, 9.17) is 10.00 Å². The van der Waals surface area contributed by atoms with Crippen molar-refractivity contribution in [3.8, 4) is 6.07 Å². The second-order valence-corrected chi connectivity index (χ2v) is 4.03. The Balaban J connectivity index is 2.04. The number of rotatable bonds is 3. The van der Waals surface area contributed by atoms with Gasteiger partial charge in [-0.2, -0.15) is 5.26 Å². The van der Waals surface area contributed by atoms with Gasteiger partial charge in [-0.25, -0.2) is 0 Å². The fourth-order valence-corrected chi connectivity index (χ4v) is 1.79. The highest BCUT2D eigenvalue weighted by Crippen LogP contribution is 2.19. The van der Waals surface area contributed by atoms with Crippen LogP contribution in [0.5, 0.6) is 0 Å². The largest absolute Gasteiger partial charge is 0.370 e. The molecule has 0 radical (unpaired) electrons. The minimum atomic E-state index is -0.349. The van der Waals surface area contributed by atoms with Crippen molar-refractivity contribution >= 4 is 23.2 Å². The second-order valence-electron chi connectivity index (χ2n) is 4.03. The number of hydrogen-bond acceptors (Lipinski definition) is 4. The Hall–Kier alpha value is -2.39. The molecule has 0 atom stereocenters. The summed E-state index contributed by atoms with van der Waals surface area (Å²) in [5, 5.41) is 11.0. The van der Waals surface area contributed by atoms with Crippen LogP contribution in [0.3, 0.4) is 0 Å². The summed E-state index contributed by atoms with van der Waals surface area (Å²) in [6.45, 7) is 1.14. The van der Waals surface area contributed by atoms with Crippen molar-refractivity contribution in [2.45, 2.75) is 6.42 Å². The van der Waals surface area contributed by atoms with Crippen LogP contribution in [-0.2, 0) is 14.3 Å². The van der Waals surface area contributed by atoms with Gasteiger partial charge in [-0.05, 0) is 24.3 Å². The Kier molecular flexibility index (Phi) is 4.11. The van der Waals surface area contributed by atoms with Gasteiger partial charge >= 0.3 is 0 Å². The molecule has 2 amide bonds. The third kappa shape index (κ3) is 3.30. The molecule has 6 heteroatoms. The maximum atomic E-state index is 11.6. The predicted molar refractivity (Wildman–Crippen MR) is 68.5 cm³/mol. The van der Waals surface area contributed by atoms with Crippen LogP contribution in [0.4, 0.5) is 11.4 Å². The summed E-state index contributed by atoms with van der Waals surface area (Å²) in [5.41, 5.74) is 1.37. The van der Waals surface area contributed by atoms with E-state index in [0.29, 0.717) is 18.8 Å². The smallest absolute Gasteiger partial charge is 0.253 e. The first-order valence-electron chi connectivity index (χ1n) is 5.85. The van der Waals surface area contributed by atoms with Crippen LogP contribution in [0.1, 0.15) is 6.42 Å². The molecule has 1 N–H and O–H groups in total. The van der Waals surface area contributed by atoms with Crippen LogP contribution in [0.15, 0.2) is 24.3 Å². The molecule has 0 aliphatic carbocycles. The second kappa shape index (κ2) is 5.98. The number of carbonyl (C=O) groups is 2. The van der Waals surface area contributed by atoms with Crippen LogP contribution >= 0.6 is 0 Å². The maximum Gasteiger partial charge on any atom is 0.253 e. The Labute approximate surface area is 110 Å². The molecule has 0 bridgehead atoms. The van der Waals surface area contributed by atoms with E-state index in [1.54, 1.807) is 35.2 Å². The summed E-state index contributed by atoms with van der Waals surface area (Å²) >= 11 is 0. The number of nitrogens with zero attached hydrogens (tertiary/aromatic N) is 2. The normalized spacial score (nSPS) is 14.9. The molecule has 0 aromatic heterocycles.